The molecule has 0 saturated carbocycles. The quantitative estimate of drug-likeness (QED) is 0.913. The second-order valence-corrected chi connectivity index (χ2v) is 7.36. The van der Waals surface area contributed by atoms with Crippen molar-refractivity contribution in [2.24, 2.45) is 11.7 Å². The molecule has 1 aliphatic heterocycles. The van der Waals surface area contributed by atoms with Crippen molar-refractivity contribution >= 4 is 23.5 Å². The Morgan fingerprint density at radius 1 is 1.35 bits per heavy atom. The van der Waals surface area contributed by atoms with Crippen LogP contribution in [0.15, 0.2) is 4.52 Å². The lowest BCUT2D eigenvalue weighted by Gasteiger charge is -2.24. The van der Waals surface area contributed by atoms with Crippen molar-refractivity contribution in [1.29, 1.82) is 0 Å². The third kappa shape index (κ3) is 2.98. The third-order valence-electron chi connectivity index (χ3n) is 2.90. The van der Waals surface area contributed by atoms with Crippen molar-refractivity contribution in [1.82, 2.24) is 10.1 Å². The van der Waals surface area contributed by atoms with Crippen LogP contribution in [0.5, 0.6) is 0 Å². The zero-order valence-electron chi connectivity index (χ0n) is 10.4. The van der Waals surface area contributed by atoms with E-state index in [4.69, 9.17) is 10.3 Å². The molecule has 6 heteroatoms. The minimum Gasteiger partial charge on any atom is -0.338 e. The summed E-state index contributed by atoms with van der Waals surface area (Å²) in [7, 11) is 0. The number of hydrogen-bond donors (Lipinski definition) is 1. The molecule has 4 nitrogen and oxygen atoms in total. The summed E-state index contributed by atoms with van der Waals surface area (Å²) in [5.74, 6) is 4.05. The van der Waals surface area contributed by atoms with Crippen LogP contribution in [0.4, 0.5) is 0 Å². The van der Waals surface area contributed by atoms with E-state index in [0.717, 1.165) is 11.6 Å². The van der Waals surface area contributed by atoms with Crippen LogP contribution < -0.4 is 5.73 Å². The summed E-state index contributed by atoms with van der Waals surface area (Å²) in [5.41, 5.74) is 6.01. The molecule has 2 N–H and O–H groups in total. The predicted octanol–water partition coefficient (Wildman–Crippen LogP) is 2.64. The molecule has 0 aromatic carbocycles. The van der Waals surface area contributed by atoms with Crippen LogP contribution in [0.1, 0.15) is 43.8 Å². The van der Waals surface area contributed by atoms with Gasteiger partial charge in [0.15, 0.2) is 5.82 Å². The van der Waals surface area contributed by atoms with Gasteiger partial charge in [-0.05, 0) is 5.92 Å². The van der Waals surface area contributed by atoms with E-state index in [2.05, 4.69) is 30.9 Å². The van der Waals surface area contributed by atoms with Crippen molar-refractivity contribution in [2.75, 3.05) is 11.5 Å². The van der Waals surface area contributed by atoms with Gasteiger partial charge >= 0.3 is 0 Å². The summed E-state index contributed by atoms with van der Waals surface area (Å²) in [6.07, 6.45) is 0. The fraction of sp³-hybridized carbons (Fsp3) is 0.818. The summed E-state index contributed by atoms with van der Waals surface area (Å²) >= 11 is 3.88. The number of thioether (sulfide) groups is 2. The summed E-state index contributed by atoms with van der Waals surface area (Å²) < 4.78 is 5.28. The van der Waals surface area contributed by atoms with Crippen LogP contribution in [0.3, 0.4) is 0 Å². The van der Waals surface area contributed by atoms with Gasteiger partial charge in [-0.2, -0.15) is 16.7 Å². The molecule has 2 rings (SSSR count). The molecule has 0 amide bonds. The van der Waals surface area contributed by atoms with Crippen LogP contribution in [0, 0.1) is 5.92 Å². The molecule has 17 heavy (non-hydrogen) atoms. The molecule has 0 aliphatic carbocycles. The normalized spacial score (nSPS) is 27.4. The van der Waals surface area contributed by atoms with E-state index in [1.807, 2.05) is 23.5 Å². The first-order valence-electron chi connectivity index (χ1n) is 5.92. The van der Waals surface area contributed by atoms with Gasteiger partial charge in [-0.15, -0.1) is 11.8 Å². The summed E-state index contributed by atoms with van der Waals surface area (Å²) in [6, 6.07) is -0.159. The van der Waals surface area contributed by atoms with E-state index in [1.165, 1.54) is 5.75 Å². The summed E-state index contributed by atoms with van der Waals surface area (Å²) in [4.78, 5) is 4.47. The average Bonchev–Trinajstić information content (AvgIpc) is 2.77. The summed E-state index contributed by atoms with van der Waals surface area (Å²) in [5, 5.41) is 4.97. The molecule has 2 heterocycles. The van der Waals surface area contributed by atoms with Gasteiger partial charge in [0.1, 0.15) is 0 Å². The monoisotopic (exact) mass is 273 g/mol. The van der Waals surface area contributed by atoms with Gasteiger partial charge in [0.25, 0.3) is 0 Å². The highest BCUT2D eigenvalue weighted by Crippen LogP contribution is 2.41. The van der Waals surface area contributed by atoms with E-state index < -0.39 is 0 Å². The Morgan fingerprint density at radius 3 is 2.71 bits per heavy atom. The van der Waals surface area contributed by atoms with Crippen molar-refractivity contribution in [3.63, 3.8) is 0 Å². The second-order valence-electron chi connectivity index (χ2n) is 4.63. The van der Waals surface area contributed by atoms with Gasteiger partial charge in [-0.1, -0.05) is 25.9 Å². The molecular formula is C11H19N3OS2. The van der Waals surface area contributed by atoms with E-state index in [0.29, 0.717) is 22.3 Å². The largest absolute Gasteiger partial charge is 0.338 e. The summed E-state index contributed by atoms with van der Waals surface area (Å²) in [6.45, 7) is 6.34. The van der Waals surface area contributed by atoms with Crippen molar-refractivity contribution in [2.45, 2.75) is 37.3 Å². The lowest BCUT2D eigenvalue weighted by atomic mass is 10.1. The van der Waals surface area contributed by atoms with E-state index in [-0.39, 0.29) is 6.04 Å². The van der Waals surface area contributed by atoms with Gasteiger partial charge in [0.05, 0.1) is 11.3 Å². The minimum absolute atomic E-state index is 0.159. The van der Waals surface area contributed by atoms with E-state index >= 15 is 0 Å². The minimum atomic E-state index is -0.159. The molecule has 3 atom stereocenters. The van der Waals surface area contributed by atoms with Crippen LogP contribution in [0.25, 0.3) is 0 Å². The van der Waals surface area contributed by atoms with Crippen LogP contribution in [-0.4, -0.2) is 26.9 Å². The Morgan fingerprint density at radius 2 is 2.06 bits per heavy atom. The Hall–Kier alpha value is -0.200. The molecule has 0 spiro atoms. The molecule has 0 bridgehead atoms. The Kier molecular flexibility index (Phi) is 4.38. The maximum Gasteiger partial charge on any atom is 0.243 e. The topological polar surface area (TPSA) is 64.9 Å². The van der Waals surface area contributed by atoms with Crippen LogP contribution >= 0.6 is 23.5 Å². The maximum absolute atomic E-state index is 6.01. The van der Waals surface area contributed by atoms with Crippen molar-refractivity contribution in [3.05, 3.63) is 11.7 Å². The fourth-order valence-electron chi connectivity index (χ4n) is 1.70. The van der Waals surface area contributed by atoms with Gasteiger partial charge in [0, 0.05) is 16.8 Å². The van der Waals surface area contributed by atoms with Gasteiger partial charge < -0.3 is 10.3 Å². The molecule has 2 unspecified atom stereocenters. The molecule has 96 valence electrons. The van der Waals surface area contributed by atoms with Gasteiger partial charge in [-0.25, -0.2) is 0 Å². The highest BCUT2D eigenvalue weighted by molar-refractivity contribution is 8.06. The first-order chi connectivity index (χ1) is 8.09. The fourth-order valence-corrected chi connectivity index (χ4v) is 4.38. The SMILES string of the molecule is CC1SCCSC1c1noc([C@H](N)C(C)C)n1. The van der Waals surface area contributed by atoms with Crippen LogP contribution in [0.2, 0.25) is 0 Å². The first-order valence-corrected chi connectivity index (χ1v) is 8.01. The molecule has 0 radical (unpaired) electrons. The molecule has 1 aliphatic rings. The first kappa shape index (κ1) is 13.2. The standard InChI is InChI=1S/C11H19N3OS2/c1-6(2)8(12)11-13-10(14-15-11)9-7(3)16-4-5-17-9/h6-9H,4-5,12H2,1-3H3/t7?,8-,9?/m1/s1. The number of nitrogens with two attached hydrogens (primary N) is 1. The third-order valence-corrected chi connectivity index (χ3v) is 5.99. The van der Waals surface area contributed by atoms with E-state index in [1.54, 1.807) is 0 Å². The predicted molar refractivity (Wildman–Crippen MR) is 73.2 cm³/mol. The number of nitrogens with zero attached hydrogens (tertiary/aromatic N) is 2. The highest BCUT2D eigenvalue weighted by Gasteiger charge is 2.29. The Bertz CT molecular complexity index is 369. The number of hydrogen-bond acceptors (Lipinski definition) is 6. The highest BCUT2D eigenvalue weighted by atomic mass is 32.2. The Labute approximate surface area is 110 Å². The molecule has 1 fully saturated rings. The van der Waals surface area contributed by atoms with Crippen molar-refractivity contribution in [3.8, 4) is 0 Å². The zero-order valence-corrected chi connectivity index (χ0v) is 12.1. The lowest BCUT2D eigenvalue weighted by Crippen LogP contribution is -2.19. The zero-order chi connectivity index (χ0) is 12.4. The molecule has 1 aromatic heterocycles. The van der Waals surface area contributed by atoms with E-state index in [9.17, 15) is 0 Å². The second kappa shape index (κ2) is 5.63. The maximum atomic E-state index is 6.01. The molecule has 1 aromatic rings. The van der Waals surface area contributed by atoms with Crippen LogP contribution in [-0.2, 0) is 0 Å². The van der Waals surface area contributed by atoms with Gasteiger partial charge in [-0.3, -0.25) is 0 Å². The number of rotatable bonds is 3. The van der Waals surface area contributed by atoms with Crippen molar-refractivity contribution < 1.29 is 4.52 Å². The number of aromatic nitrogens is 2. The van der Waals surface area contributed by atoms with Gasteiger partial charge in [0.2, 0.25) is 5.89 Å². The average molecular weight is 273 g/mol. The molecule has 1 saturated heterocycles. The molecular weight excluding hydrogens is 254 g/mol. The lowest BCUT2D eigenvalue weighted by molar-refractivity contribution is 0.322. The smallest absolute Gasteiger partial charge is 0.243 e. The Balaban J connectivity index is 2.12.